The van der Waals surface area contributed by atoms with Gasteiger partial charge in [-0.2, -0.15) is 0 Å². The first-order valence-corrected chi connectivity index (χ1v) is 6.02. The molecule has 92 valence electrons. The van der Waals surface area contributed by atoms with E-state index in [4.69, 9.17) is 0 Å². The van der Waals surface area contributed by atoms with E-state index in [2.05, 4.69) is 4.98 Å². The van der Waals surface area contributed by atoms with Crippen molar-refractivity contribution in [2.75, 3.05) is 14.1 Å². The van der Waals surface area contributed by atoms with Gasteiger partial charge in [0.05, 0.1) is 0 Å². The van der Waals surface area contributed by atoms with Gasteiger partial charge in [-0.15, -0.1) is 0 Å². The van der Waals surface area contributed by atoms with Crippen molar-refractivity contribution in [1.29, 1.82) is 0 Å². The van der Waals surface area contributed by atoms with Crippen LogP contribution in [0.15, 0.2) is 6.20 Å². The molecule has 1 heterocycles. The van der Waals surface area contributed by atoms with E-state index in [0.29, 0.717) is 19.3 Å². The van der Waals surface area contributed by atoms with E-state index in [1.54, 1.807) is 19.0 Å². The molecule has 1 aliphatic rings. The minimum absolute atomic E-state index is 0.100. The number of ketones is 1. The number of hydrogen-bond donors (Lipinski definition) is 1. The Morgan fingerprint density at radius 2 is 2.18 bits per heavy atom. The van der Waals surface area contributed by atoms with Gasteiger partial charge in [-0.25, -0.2) is 0 Å². The average molecular weight is 234 g/mol. The maximum atomic E-state index is 11.8. The van der Waals surface area contributed by atoms with Gasteiger partial charge in [-0.1, -0.05) is 0 Å². The normalized spacial score (nSPS) is 14.6. The van der Waals surface area contributed by atoms with Gasteiger partial charge in [0.2, 0.25) is 5.91 Å². The van der Waals surface area contributed by atoms with Crippen molar-refractivity contribution in [3.8, 4) is 0 Å². The zero-order chi connectivity index (χ0) is 12.4. The number of Topliss-reactive ketones (excluding diaryl/α,β-unsaturated/α-hetero) is 1. The molecule has 1 N–H and O–H groups in total. The molecule has 0 aromatic carbocycles. The Morgan fingerprint density at radius 1 is 1.41 bits per heavy atom. The maximum Gasteiger partial charge on any atom is 0.222 e. The molecule has 0 spiro atoms. The van der Waals surface area contributed by atoms with Gasteiger partial charge < -0.3 is 9.88 Å². The Bertz CT molecular complexity index is 446. The third kappa shape index (κ3) is 2.40. The van der Waals surface area contributed by atoms with Crippen molar-refractivity contribution in [1.82, 2.24) is 9.88 Å². The number of hydrogen-bond acceptors (Lipinski definition) is 2. The molecule has 0 fully saturated rings. The van der Waals surface area contributed by atoms with E-state index >= 15 is 0 Å². The standard InChI is InChI=1S/C13H18N2O2/c1-15(2)12(17)7-6-9-8-14-10-4-3-5-11(16)13(9)10/h8,14H,3-7H2,1-2H3. The molecular formula is C13H18N2O2. The van der Waals surface area contributed by atoms with Gasteiger partial charge in [0.1, 0.15) is 0 Å². The number of nitrogens with zero attached hydrogens (tertiary/aromatic N) is 1. The van der Waals surface area contributed by atoms with Crippen molar-refractivity contribution >= 4 is 11.7 Å². The molecule has 0 atom stereocenters. The van der Waals surface area contributed by atoms with E-state index in [9.17, 15) is 9.59 Å². The Hall–Kier alpha value is -1.58. The number of aromatic amines is 1. The summed E-state index contributed by atoms with van der Waals surface area (Å²) in [6.07, 6.45) is 5.51. The number of rotatable bonds is 3. The molecule has 0 aliphatic heterocycles. The van der Waals surface area contributed by atoms with E-state index in [1.807, 2.05) is 6.20 Å². The first kappa shape index (κ1) is 11.9. The highest BCUT2D eigenvalue weighted by atomic mass is 16.2. The second-order valence-corrected chi connectivity index (χ2v) is 4.73. The van der Waals surface area contributed by atoms with E-state index in [1.165, 1.54) is 0 Å². The molecule has 0 radical (unpaired) electrons. The molecule has 0 unspecified atom stereocenters. The van der Waals surface area contributed by atoms with Crippen LogP contribution < -0.4 is 0 Å². The molecule has 1 aliphatic carbocycles. The van der Waals surface area contributed by atoms with Gasteiger partial charge in [0.25, 0.3) is 0 Å². The van der Waals surface area contributed by atoms with Crippen molar-refractivity contribution in [2.24, 2.45) is 0 Å². The quantitative estimate of drug-likeness (QED) is 0.862. The highest BCUT2D eigenvalue weighted by molar-refractivity contribution is 5.99. The van der Waals surface area contributed by atoms with Crippen LogP contribution in [0.3, 0.4) is 0 Å². The van der Waals surface area contributed by atoms with Crippen LogP contribution in [0.5, 0.6) is 0 Å². The summed E-state index contributed by atoms with van der Waals surface area (Å²) in [5.74, 6) is 0.322. The number of amides is 1. The Balaban J connectivity index is 2.10. The van der Waals surface area contributed by atoms with Gasteiger partial charge >= 0.3 is 0 Å². The fraction of sp³-hybridized carbons (Fsp3) is 0.538. The molecule has 4 nitrogen and oxygen atoms in total. The van der Waals surface area contributed by atoms with Crippen LogP contribution in [0.1, 0.15) is 40.9 Å². The SMILES string of the molecule is CN(C)C(=O)CCc1c[nH]c2c1C(=O)CCC2. The number of fused-ring (bicyclic) bond motifs is 1. The van der Waals surface area contributed by atoms with Crippen molar-refractivity contribution < 1.29 is 9.59 Å². The number of aromatic nitrogens is 1. The van der Waals surface area contributed by atoms with Crippen LogP contribution >= 0.6 is 0 Å². The molecule has 0 bridgehead atoms. The lowest BCUT2D eigenvalue weighted by Gasteiger charge is -2.13. The summed E-state index contributed by atoms with van der Waals surface area (Å²) in [5.41, 5.74) is 2.90. The summed E-state index contributed by atoms with van der Waals surface area (Å²) in [6, 6.07) is 0. The largest absolute Gasteiger partial charge is 0.364 e. The Kier molecular flexibility index (Phi) is 3.31. The maximum absolute atomic E-state index is 11.8. The van der Waals surface area contributed by atoms with Gasteiger partial charge in [0.15, 0.2) is 5.78 Å². The highest BCUT2D eigenvalue weighted by Crippen LogP contribution is 2.24. The van der Waals surface area contributed by atoms with E-state index in [-0.39, 0.29) is 11.7 Å². The first-order chi connectivity index (χ1) is 8.09. The average Bonchev–Trinajstić information content (AvgIpc) is 2.70. The van der Waals surface area contributed by atoms with Crippen molar-refractivity contribution in [3.05, 3.63) is 23.0 Å². The van der Waals surface area contributed by atoms with Crippen LogP contribution in [-0.2, 0) is 17.6 Å². The number of carbonyl (C=O) groups is 2. The zero-order valence-corrected chi connectivity index (χ0v) is 10.4. The summed E-state index contributed by atoms with van der Waals surface area (Å²) in [4.78, 5) is 28.1. The molecule has 1 aromatic rings. The molecule has 1 aromatic heterocycles. The molecule has 17 heavy (non-hydrogen) atoms. The second-order valence-electron chi connectivity index (χ2n) is 4.73. The molecule has 4 heteroatoms. The molecular weight excluding hydrogens is 216 g/mol. The lowest BCUT2D eigenvalue weighted by molar-refractivity contribution is -0.128. The Labute approximate surface area is 101 Å². The fourth-order valence-corrected chi connectivity index (χ4v) is 2.27. The summed E-state index contributed by atoms with van der Waals surface area (Å²) in [7, 11) is 3.50. The topological polar surface area (TPSA) is 53.2 Å². The predicted octanol–water partition coefficient (Wildman–Crippen LogP) is 1.55. The third-order valence-electron chi connectivity index (χ3n) is 3.26. The van der Waals surface area contributed by atoms with Crippen LogP contribution in [0.25, 0.3) is 0 Å². The number of carbonyl (C=O) groups excluding carboxylic acids is 2. The minimum Gasteiger partial charge on any atom is -0.364 e. The molecule has 2 rings (SSSR count). The monoisotopic (exact) mass is 234 g/mol. The van der Waals surface area contributed by atoms with Crippen LogP contribution in [0, 0.1) is 0 Å². The van der Waals surface area contributed by atoms with Gasteiger partial charge in [0, 0.05) is 44.4 Å². The lowest BCUT2D eigenvalue weighted by Crippen LogP contribution is -2.22. The Morgan fingerprint density at radius 3 is 2.88 bits per heavy atom. The summed E-state index contributed by atoms with van der Waals surface area (Å²) >= 11 is 0. The second kappa shape index (κ2) is 4.73. The highest BCUT2D eigenvalue weighted by Gasteiger charge is 2.22. The smallest absolute Gasteiger partial charge is 0.222 e. The molecule has 0 saturated carbocycles. The first-order valence-electron chi connectivity index (χ1n) is 6.02. The van der Waals surface area contributed by atoms with Crippen molar-refractivity contribution in [3.63, 3.8) is 0 Å². The molecule has 0 saturated heterocycles. The predicted molar refractivity (Wildman–Crippen MR) is 65.1 cm³/mol. The van der Waals surface area contributed by atoms with E-state index in [0.717, 1.165) is 29.7 Å². The summed E-state index contributed by atoms with van der Waals surface area (Å²) < 4.78 is 0. The van der Waals surface area contributed by atoms with Crippen LogP contribution in [0.4, 0.5) is 0 Å². The van der Waals surface area contributed by atoms with Crippen LogP contribution in [-0.4, -0.2) is 35.7 Å². The number of nitrogens with one attached hydrogen (secondary N) is 1. The number of aryl methyl sites for hydroxylation is 2. The van der Waals surface area contributed by atoms with Crippen molar-refractivity contribution in [2.45, 2.75) is 32.1 Å². The van der Waals surface area contributed by atoms with Gasteiger partial charge in [-0.05, 0) is 24.8 Å². The lowest BCUT2D eigenvalue weighted by atomic mass is 9.92. The van der Waals surface area contributed by atoms with Crippen LogP contribution in [0.2, 0.25) is 0 Å². The number of H-pyrrole nitrogens is 1. The van der Waals surface area contributed by atoms with Gasteiger partial charge in [-0.3, -0.25) is 9.59 Å². The summed E-state index contributed by atoms with van der Waals surface area (Å²) in [6.45, 7) is 0. The minimum atomic E-state index is 0.100. The third-order valence-corrected chi connectivity index (χ3v) is 3.26. The zero-order valence-electron chi connectivity index (χ0n) is 10.4. The fourth-order valence-electron chi connectivity index (χ4n) is 2.27. The van der Waals surface area contributed by atoms with E-state index < -0.39 is 0 Å². The molecule has 1 amide bonds. The summed E-state index contributed by atoms with van der Waals surface area (Å²) in [5, 5.41) is 0.